The van der Waals surface area contributed by atoms with Crippen molar-refractivity contribution in [3.63, 3.8) is 0 Å². The van der Waals surface area contributed by atoms with Gasteiger partial charge in [0, 0.05) is 42.7 Å². The first-order valence-electron chi connectivity index (χ1n) is 10.5. The number of hydrogen-bond acceptors (Lipinski definition) is 4. The number of aryl methyl sites for hydroxylation is 1. The van der Waals surface area contributed by atoms with E-state index >= 15 is 0 Å². The molecule has 0 bridgehead atoms. The van der Waals surface area contributed by atoms with Crippen LogP contribution in [-0.2, 0) is 19.4 Å². The van der Waals surface area contributed by atoms with Gasteiger partial charge >= 0.3 is 0 Å². The molecule has 1 aromatic heterocycles. The van der Waals surface area contributed by atoms with E-state index in [2.05, 4.69) is 46.7 Å². The van der Waals surface area contributed by atoms with Crippen molar-refractivity contribution < 1.29 is 4.79 Å². The number of aliphatic imine (C=N–C) groups is 1. The van der Waals surface area contributed by atoms with Crippen molar-refractivity contribution in [1.82, 2.24) is 20.9 Å². The fourth-order valence-electron chi connectivity index (χ4n) is 2.67. The van der Waals surface area contributed by atoms with Gasteiger partial charge in [0.25, 0.3) is 5.91 Å². The zero-order chi connectivity index (χ0) is 20.9. The summed E-state index contributed by atoms with van der Waals surface area (Å²) in [6, 6.07) is 7.65. The van der Waals surface area contributed by atoms with Crippen molar-refractivity contribution in [2.24, 2.45) is 4.99 Å². The molecule has 1 aromatic carbocycles. The lowest BCUT2D eigenvalue weighted by Crippen LogP contribution is -2.38. The highest BCUT2D eigenvalue weighted by molar-refractivity contribution is 7.11. The maximum atomic E-state index is 12.1. The molecule has 2 aromatic rings. The summed E-state index contributed by atoms with van der Waals surface area (Å²) in [5.41, 5.74) is 1.76. The Balaban J connectivity index is 1.84. The molecule has 3 N–H and O–H groups in total. The van der Waals surface area contributed by atoms with Crippen LogP contribution in [-0.4, -0.2) is 36.5 Å². The Kier molecular flexibility index (Phi) is 10.2. The van der Waals surface area contributed by atoms with Gasteiger partial charge in [-0.25, -0.2) is 9.98 Å². The molecule has 0 saturated carbocycles. The number of carbonyl (C=O) groups is 1. The van der Waals surface area contributed by atoms with Gasteiger partial charge < -0.3 is 16.0 Å². The second kappa shape index (κ2) is 12.9. The highest BCUT2D eigenvalue weighted by Gasteiger charge is 2.05. The van der Waals surface area contributed by atoms with Crippen LogP contribution in [0.1, 0.15) is 59.4 Å². The lowest BCUT2D eigenvalue weighted by atomic mass is 10.1. The van der Waals surface area contributed by atoms with Crippen molar-refractivity contribution in [1.29, 1.82) is 0 Å². The van der Waals surface area contributed by atoms with E-state index in [4.69, 9.17) is 0 Å². The van der Waals surface area contributed by atoms with Crippen molar-refractivity contribution in [3.8, 4) is 0 Å². The molecule has 2 rings (SSSR count). The van der Waals surface area contributed by atoms with E-state index in [9.17, 15) is 4.79 Å². The molecule has 0 aliphatic carbocycles. The van der Waals surface area contributed by atoms with Crippen molar-refractivity contribution in [3.05, 3.63) is 51.5 Å². The van der Waals surface area contributed by atoms with Crippen LogP contribution in [0.25, 0.3) is 0 Å². The number of unbranched alkanes of at least 4 members (excludes halogenated alkanes) is 1. The Morgan fingerprint density at radius 2 is 1.86 bits per heavy atom. The quantitative estimate of drug-likeness (QED) is 0.298. The van der Waals surface area contributed by atoms with Crippen LogP contribution in [0, 0.1) is 0 Å². The molecular weight excluding hydrogens is 382 g/mol. The maximum Gasteiger partial charge on any atom is 0.251 e. The first-order chi connectivity index (χ1) is 14.2. The highest BCUT2D eigenvalue weighted by atomic mass is 32.1. The second-order valence-corrected chi connectivity index (χ2v) is 7.95. The predicted molar refractivity (Wildman–Crippen MR) is 122 cm³/mol. The van der Waals surface area contributed by atoms with Crippen LogP contribution in [0.5, 0.6) is 0 Å². The number of nitrogens with one attached hydrogen (secondary N) is 3. The van der Waals surface area contributed by atoms with E-state index in [1.807, 2.05) is 30.5 Å². The molecule has 7 heteroatoms. The molecule has 0 aliphatic heterocycles. The fourth-order valence-corrected chi connectivity index (χ4v) is 3.53. The third-order valence-electron chi connectivity index (χ3n) is 4.38. The smallest absolute Gasteiger partial charge is 0.251 e. The molecule has 1 amide bonds. The van der Waals surface area contributed by atoms with Crippen molar-refractivity contribution in [2.45, 2.75) is 53.0 Å². The molecule has 158 valence electrons. The predicted octanol–water partition coefficient (Wildman–Crippen LogP) is 3.53. The normalized spacial score (nSPS) is 11.3. The van der Waals surface area contributed by atoms with Gasteiger partial charge in [-0.05, 0) is 37.5 Å². The van der Waals surface area contributed by atoms with E-state index in [0.29, 0.717) is 12.1 Å². The summed E-state index contributed by atoms with van der Waals surface area (Å²) in [4.78, 5) is 22.5. The van der Waals surface area contributed by atoms with E-state index in [0.717, 1.165) is 61.8 Å². The number of amides is 1. The first kappa shape index (κ1) is 22.9. The summed E-state index contributed by atoms with van der Waals surface area (Å²) < 4.78 is 0. The molecule has 0 fully saturated rings. The molecule has 0 radical (unpaired) electrons. The summed E-state index contributed by atoms with van der Waals surface area (Å²) in [6.45, 7) is 9.19. The van der Waals surface area contributed by atoms with E-state index < -0.39 is 0 Å². The third-order valence-corrected chi connectivity index (χ3v) is 5.58. The molecule has 1 heterocycles. The Labute approximate surface area is 178 Å². The summed E-state index contributed by atoms with van der Waals surface area (Å²) >= 11 is 1.77. The highest BCUT2D eigenvalue weighted by Crippen LogP contribution is 2.13. The van der Waals surface area contributed by atoms with Crippen LogP contribution < -0.4 is 16.0 Å². The molecule has 29 heavy (non-hydrogen) atoms. The summed E-state index contributed by atoms with van der Waals surface area (Å²) in [6.07, 6.45) is 5.96. The minimum absolute atomic E-state index is 0.0167. The number of thiazole rings is 1. The van der Waals surface area contributed by atoms with E-state index in [1.165, 1.54) is 4.88 Å². The van der Waals surface area contributed by atoms with Gasteiger partial charge in [-0.1, -0.05) is 32.4 Å². The number of benzene rings is 1. The number of guanidine groups is 1. The van der Waals surface area contributed by atoms with Gasteiger partial charge in [0.2, 0.25) is 0 Å². The average molecular weight is 416 g/mol. The standard InChI is InChI=1S/C22H33N5OS/c1-4-7-13-24-21(28)18-10-8-17(9-11-18)15-27-22(23-6-3)25-14-12-20-26-16-19(5-2)29-20/h8-11,16H,4-7,12-15H2,1-3H3,(H,24,28)(H2,23,25,27). The number of aromatic nitrogens is 1. The fraction of sp³-hybridized carbons (Fsp3) is 0.500. The number of carbonyl (C=O) groups excluding carboxylic acids is 1. The molecule has 0 aliphatic rings. The largest absolute Gasteiger partial charge is 0.357 e. The third kappa shape index (κ3) is 8.23. The molecule has 0 atom stereocenters. The van der Waals surface area contributed by atoms with Gasteiger partial charge in [0.1, 0.15) is 0 Å². The Bertz CT molecular complexity index is 770. The second-order valence-electron chi connectivity index (χ2n) is 6.75. The summed E-state index contributed by atoms with van der Waals surface area (Å²) in [7, 11) is 0. The van der Waals surface area contributed by atoms with Crippen molar-refractivity contribution in [2.75, 3.05) is 19.6 Å². The molecule has 0 unspecified atom stereocenters. The number of nitrogens with zero attached hydrogens (tertiary/aromatic N) is 2. The molecule has 0 spiro atoms. The van der Waals surface area contributed by atoms with Gasteiger partial charge in [-0.15, -0.1) is 11.3 Å². The summed E-state index contributed by atoms with van der Waals surface area (Å²) in [5.74, 6) is 0.776. The number of rotatable bonds is 11. The Morgan fingerprint density at radius 3 is 2.52 bits per heavy atom. The number of hydrogen-bond donors (Lipinski definition) is 3. The van der Waals surface area contributed by atoms with Gasteiger partial charge in [0.15, 0.2) is 5.96 Å². The maximum absolute atomic E-state index is 12.1. The van der Waals surface area contributed by atoms with E-state index in [1.54, 1.807) is 11.3 Å². The zero-order valence-corrected chi connectivity index (χ0v) is 18.6. The topological polar surface area (TPSA) is 78.4 Å². The molecule has 6 nitrogen and oxygen atoms in total. The lowest BCUT2D eigenvalue weighted by Gasteiger charge is -2.11. The van der Waals surface area contributed by atoms with Crippen LogP contribution in [0.2, 0.25) is 0 Å². The average Bonchev–Trinajstić information content (AvgIpc) is 3.20. The molecular formula is C22H33N5OS. The van der Waals surface area contributed by atoms with Gasteiger partial charge in [0.05, 0.1) is 11.6 Å². The Hall–Kier alpha value is -2.41. The minimum Gasteiger partial charge on any atom is -0.357 e. The van der Waals surface area contributed by atoms with Crippen LogP contribution in [0.4, 0.5) is 0 Å². The van der Waals surface area contributed by atoms with Crippen LogP contribution >= 0.6 is 11.3 Å². The van der Waals surface area contributed by atoms with Crippen molar-refractivity contribution >= 4 is 23.2 Å². The monoisotopic (exact) mass is 415 g/mol. The van der Waals surface area contributed by atoms with E-state index in [-0.39, 0.29) is 5.91 Å². The molecule has 0 saturated heterocycles. The minimum atomic E-state index is -0.0167. The SMILES string of the molecule is CCCCNC(=O)c1ccc(CN=C(NCC)NCCc2ncc(CC)s2)cc1. The lowest BCUT2D eigenvalue weighted by molar-refractivity contribution is 0.0953. The zero-order valence-electron chi connectivity index (χ0n) is 17.8. The first-order valence-corrected chi connectivity index (χ1v) is 11.3. The van der Waals surface area contributed by atoms with Crippen LogP contribution in [0.3, 0.4) is 0 Å². The van der Waals surface area contributed by atoms with Gasteiger partial charge in [-0.2, -0.15) is 0 Å². The Morgan fingerprint density at radius 1 is 1.07 bits per heavy atom. The van der Waals surface area contributed by atoms with Gasteiger partial charge in [-0.3, -0.25) is 4.79 Å². The summed E-state index contributed by atoms with van der Waals surface area (Å²) in [5, 5.41) is 10.7. The van der Waals surface area contributed by atoms with Crippen LogP contribution in [0.15, 0.2) is 35.5 Å².